The van der Waals surface area contributed by atoms with Crippen molar-refractivity contribution in [3.05, 3.63) is 66.0 Å². The Bertz CT molecular complexity index is 1130. The van der Waals surface area contributed by atoms with Gasteiger partial charge in [0.1, 0.15) is 0 Å². The second-order valence-corrected chi connectivity index (χ2v) is 7.52. The quantitative estimate of drug-likeness (QED) is 0.297. The number of benzene rings is 2. The number of halogens is 3. The summed E-state index contributed by atoms with van der Waals surface area (Å²) in [5, 5.41) is 7.10. The molecule has 0 amide bonds. The minimum absolute atomic E-state index is 0.150. The first-order chi connectivity index (χ1) is 14.7. The summed E-state index contributed by atoms with van der Waals surface area (Å²) < 4.78 is 38.1. The number of H-pyrrole nitrogens is 1. The molecule has 0 saturated heterocycles. The second-order valence-electron chi connectivity index (χ2n) is 7.11. The Morgan fingerprint density at radius 2 is 1.84 bits per heavy atom. The molecule has 162 valence electrons. The Morgan fingerprint density at radius 3 is 2.45 bits per heavy atom. The lowest BCUT2D eigenvalue weighted by atomic mass is 10.1. The summed E-state index contributed by atoms with van der Waals surface area (Å²) >= 11 is 5.32. The molecule has 3 rings (SSSR count). The van der Waals surface area contributed by atoms with Gasteiger partial charge in [-0.25, -0.2) is 0 Å². The largest absolute Gasteiger partial charge is 0.416 e. The fourth-order valence-corrected chi connectivity index (χ4v) is 3.10. The molecule has 0 unspecified atom stereocenters. The van der Waals surface area contributed by atoms with Crippen LogP contribution in [0.15, 0.2) is 59.9 Å². The lowest BCUT2D eigenvalue weighted by molar-refractivity contribution is -0.137. The molecule has 0 radical (unpaired) electrons. The van der Waals surface area contributed by atoms with Gasteiger partial charge in [0.15, 0.2) is 5.11 Å². The number of fused-ring (bicyclic) bond motifs is 1. The van der Waals surface area contributed by atoms with Crippen LogP contribution in [0, 0.1) is 0 Å². The Balaban J connectivity index is 1.77. The minimum Gasteiger partial charge on any atom is -0.404 e. The normalized spacial score (nSPS) is 12.6. The van der Waals surface area contributed by atoms with E-state index in [2.05, 4.69) is 20.6 Å². The number of nitrogens with zero attached hydrogens (tertiary/aromatic N) is 1. The van der Waals surface area contributed by atoms with E-state index in [1.807, 2.05) is 32.0 Å². The molecule has 0 aliphatic heterocycles. The van der Waals surface area contributed by atoms with Crippen LogP contribution in [-0.2, 0) is 6.18 Å². The molecule has 1 heterocycles. The topological polar surface area (TPSA) is 78.2 Å². The number of aliphatic imine (C=N–C) groups is 1. The molecule has 0 fully saturated rings. The van der Waals surface area contributed by atoms with Crippen LogP contribution < -0.4 is 16.4 Å². The summed E-state index contributed by atoms with van der Waals surface area (Å²) in [6, 6.07) is 10.6. The molecule has 0 spiro atoms. The van der Waals surface area contributed by atoms with Gasteiger partial charge in [0.05, 0.1) is 11.3 Å². The first-order valence-corrected chi connectivity index (χ1v) is 9.90. The van der Waals surface area contributed by atoms with Crippen molar-refractivity contribution in [1.29, 1.82) is 0 Å². The summed E-state index contributed by atoms with van der Waals surface area (Å²) in [6.07, 6.45) is 0.630. The number of rotatable bonds is 5. The van der Waals surface area contributed by atoms with E-state index in [1.54, 1.807) is 12.4 Å². The Kier molecular flexibility index (Phi) is 6.65. The number of nitrogens with two attached hydrogens (primary N) is 1. The number of alkyl halides is 3. The van der Waals surface area contributed by atoms with Crippen LogP contribution in [-0.4, -0.2) is 22.4 Å². The monoisotopic (exact) mass is 445 g/mol. The molecule has 5 nitrogen and oxygen atoms in total. The maximum absolute atomic E-state index is 12.7. The third-order valence-corrected chi connectivity index (χ3v) is 4.63. The van der Waals surface area contributed by atoms with E-state index in [1.165, 1.54) is 18.3 Å². The van der Waals surface area contributed by atoms with Crippen molar-refractivity contribution >= 4 is 51.4 Å². The molecular formula is C22H22F3N5S. The summed E-state index contributed by atoms with van der Waals surface area (Å²) in [5.74, 6) is 0. The number of thiocarbonyl (C=S) groups is 1. The van der Waals surface area contributed by atoms with Gasteiger partial charge in [0, 0.05) is 46.8 Å². The van der Waals surface area contributed by atoms with Gasteiger partial charge in [-0.15, -0.1) is 0 Å². The predicted octanol–water partition coefficient (Wildman–Crippen LogP) is 5.77. The van der Waals surface area contributed by atoms with Crippen LogP contribution in [0.1, 0.15) is 25.0 Å². The number of hydrogen-bond acceptors (Lipinski definition) is 3. The molecule has 5 N–H and O–H groups in total. The van der Waals surface area contributed by atoms with Gasteiger partial charge in [-0.3, -0.25) is 4.99 Å². The van der Waals surface area contributed by atoms with Crippen molar-refractivity contribution < 1.29 is 13.2 Å². The van der Waals surface area contributed by atoms with Crippen molar-refractivity contribution in [1.82, 2.24) is 4.98 Å². The van der Waals surface area contributed by atoms with Gasteiger partial charge in [0.25, 0.3) is 0 Å². The SMILES string of the molecule is CC(C)N=CC(=CN)c1ccc2[nH]cc(NC(=S)Nc3ccc(C(F)(F)F)cc3)c2c1. The third kappa shape index (κ3) is 5.64. The molecule has 9 heteroatoms. The zero-order valence-corrected chi connectivity index (χ0v) is 17.7. The second kappa shape index (κ2) is 9.22. The van der Waals surface area contributed by atoms with Crippen LogP contribution >= 0.6 is 12.2 Å². The Morgan fingerprint density at radius 1 is 1.13 bits per heavy atom. The number of anilines is 2. The van der Waals surface area contributed by atoms with E-state index in [0.29, 0.717) is 5.69 Å². The molecule has 0 bridgehead atoms. The number of aromatic amines is 1. The van der Waals surface area contributed by atoms with Crippen LogP contribution in [0.4, 0.5) is 24.5 Å². The molecule has 0 saturated carbocycles. The first kappa shape index (κ1) is 22.4. The predicted molar refractivity (Wildman–Crippen MR) is 125 cm³/mol. The van der Waals surface area contributed by atoms with E-state index in [4.69, 9.17) is 18.0 Å². The summed E-state index contributed by atoms with van der Waals surface area (Å²) in [5.41, 5.74) is 8.79. The summed E-state index contributed by atoms with van der Waals surface area (Å²) in [4.78, 5) is 7.54. The summed E-state index contributed by atoms with van der Waals surface area (Å²) in [6.45, 7) is 3.96. The van der Waals surface area contributed by atoms with Gasteiger partial charge in [-0.05, 0) is 68.0 Å². The zero-order valence-electron chi connectivity index (χ0n) is 16.9. The highest BCUT2D eigenvalue weighted by Crippen LogP contribution is 2.30. The Hall–Kier alpha value is -3.33. The van der Waals surface area contributed by atoms with E-state index in [-0.39, 0.29) is 11.2 Å². The van der Waals surface area contributed by atoms with Crippen molar-refractivity contribution in [2.75, 3.05) is 10.6 Å². The maximum atomic E-state index is 12.7. The number of nitrogens with one attached hydrogen (secondary N) is 3. The fourth-order valence-electron chi connectivity index (χ4n) is 2.87. The third-order valence-electron chi connectivity index (χ3n) is 4.42. The molecule has 0 aliphatic carbocycles. The lowest BCUT2D eigenvalue weighted by Crippen LogP contribution is -2.19. The van der Waals surface area contributed by atoms with Gasteiger partial charge in [0.2, 0.25) is 0 Å². The van der Waals surface area contributed by atoms with E-state index >= 15 is 0 Å². The van der Waals surface area contributed by atoms with Crippen molar-refractivity contribution in [2.24, 2.45) is 10.7 Å². The molecule has 2 aromatic carbocycles. The highest BCUT2D eigenvalue weighted by atomic mass is 32.1. The average molecular weight is 446 g/mol. The molecule has 1 aromatic heterocycles. The number of allylic oxidation sites excluding steroid dienone is 1. The van der Waals surface area contributed by atoms with Gasteiger partial charge >= 0.3 is 6.18 Å². The van der Waals surface area contributed by atoms with Crippen molar-refractivity contribution in [2.45, 2.75) is 26.1 Å². The number of hydrogen-bond donors (Lipinski definition) is 4. The molecule has 3 aromatic rings. The van der Waals surface area contributed by atoms with Crippen LogP contribution in [0.2, 0.25) is 0 Å². The van der Waals surface area contributed by atoms with Crippen molar-refractivity contribution in [3.8, 4) is 0 Å². The smallest absolute Gasteiger partial charge is 0.404 e. The van der Waals surface area contributed by atoms with Crippen LogP contribution in [0.5, 0.6) is 0 Å². The van der Waals surface area contributed by atoms with E-state index in [0.717, 1.165) is 39.9 Å². The standard InChI is InChI=1S/C22H22F3N5S/c1-13(2)27-11-15(10-26)14-3-8-19-18(9-14)20(12-28-19)30-21(31)29-17-6-4-16(5-7-17)22(23,24)25/h3-13,28H,26H2,1-2H3,(H2,29,30,31). The molecule has 0 aliphatic rings. The van der Waals surface area contributed by atoms with E-state index < -0.39 is 11.7 Å². The van der Waals surface area contributed by atoms with Crippen LogP contribution in [0.3, 0.4) is 0 Å². The maximum Gasteiger partial charge on any atom is 0.416 e. The first-order valence-electron chi connectivity index (χ1n) is 9.49. The molecule has 0 atom stereocenters. The van der Waals surface area contributed by atoms with Crippen molar-refractivity contribution in [3.63, 3.8) is 0 Å². The highest BCUT2D eigenvalue weighted by Gasteiger charge is 2.29. The van der Waals surface area contributed by atoms with Gasteiger partial charge < -0.3 is 21.4 Å². The van der Waals surface area contributed by atoms with Crippen LogP contribution in [0.25, 0.3) is 16.5 Å². The summed E-state index contributed by atoms with van der Waals surface area (Å²) in [7, 11) is 0. The molecular weight excluding hydrogens is 423 g/mol. The fraction of sp³-hybridized carbons (Fsp3) is 0.182. The minimum atomic E-state index is -4.38. The highest BCUT2D eigenvalue weighted by molar-refractivity contribution is 7.80. The Labute approximate surface area is 183 Å². The van der Waals surface area contributed by atoms with Gasteiger partial charge in [-0.2, -0.15) is 13.2 Å². The average Bonchev–Trinajstić information content (AvgIpc) is 3.10. The number of aromatic nitrogens is 1. The zero-order chi connectivity index (χ0) is 22.6. The van der Waals surface area contributed by atoms with E-state index in [9.17, 15) is 13.2 Å². The lowest BCUT2D eigenvalue weighted by Gasteiger charge is -2.12. The molecule has 31 heavy (non-hydrogen) atoms. The van der Waals surface area contributed by atoms with Gasteiger partial charge in [-0.1, -0.05) is 6.07 Å².